The number of rotatable bonds is 1. The molecule has 4 nitrogen and oxygen atoms in total. The number of aromatic nitrogens is 2. The van der Waals surface area contributed by atoms with Crippen LogP contribution in [-0.2, 0) is 0 Å². The number of hydrogen-bond donors (Lipinski definition) is 2. The van der Waals surface area contributed by atoms with Gasteiger partial charge < -0.3 is 10.7 Å². The van der Waals surface area contributed by atoms with Gasteiger partial charge in [0, 0.05) is 10.8 Å². The topological polar surface area (TPSA) is 71.8 Å². The predicted octanol–water partition coefficient (Wildman–Crippen LogP) is 0.723. The Bertz CT molecular complexity index is 374. The van der Waals surface area contributed by atoms with Gasteiger partial charge in [0.2, 0.25) is 0 Å². The molecule has 2 aromatic rings. The molecule has 0 bridgehead atoms. The van der Waals surface area contributed by atoms with Gasteiger partial charge in [0.1, 0.15) is 0 Å². The third-order valence-corrected chi connectivity index (χ3v) is 2.09. The third-order valence-electron chi connectivity index (χ3n) is 1.36. The smallest absolute Gasteiger partial charge is 0.284 e. The van der Waals surface area contributed by atoms with Crippen LogP contribution in [0.15, 0.2) is 10.8 Å². The van der Waals surface area contributed by atoms with Crippen LogP contribution >= 0.6 is 11.3 Å². The Morgan fingerprint density at radius 3 is 3.09 bits per heavy atom. The second-order valence-corrected chi connectivity index (χ2v) is 2.86. The Hall–Kier alpha value is -1.36. The SMILES string of the molecule is NC(=O)c1nc2cscc2[nH]1. The molecule has 1 amide bonds. The van der Waals surface area contributed by atoms with E-state index in [1.165, 1.54) is 11.3 Å². The molecule has 0 atom stereocenters. The number of primary amides is 1. The largest absolute Gasteiger partial charge is 0.363 e. The van der Waals surface area contributed by atoms with Crippen molar-refractivity contribution in [1.29, 1.82) is 0 Å². The first kappa shape index (κ1) is 6.36. The van der Waals surface area contributed by atoms with E-state index in [2.05, 4.69) is 9.97 Å². The first-order valence-electron chi connectivity index (χ1n) is 2.99. The van der Waals surface area contributed by atoms with Crippen LogP contribution in [0.2, 0.25) is 0 Å². The molecule has 0 aliphatic heterocycles. The first-order valence-corrected chi connectivity index (χ1v) is 3.93. The number of hydrogen-bond acceptors (Lipinski definition) is 3. The highest BCUT2D eigenvalue weighted by atomic mass is 32.1. The van der Waals surface area contributed by atoms with Crippen LogP contribution in [0.3, 0.4) is 0 Å². The normalized spacial score (nSPS) is 10.5. The van der Waals surface area contributed by atoms with Gasteiger partial charge in [-0.1, -0.05) is 0 Å². The number of thiophene rings is 1. The van der Waals surface area contributed by atoms with Gasteiger partial charge in [-0.05, 0) is 0 Å². The number of imidazole rings is 1. The summed E-state index contributed by atoms with van der Waals surface area (Å²) in [5.74, 6) is -0.297. The number of nitrogens with one attached hydrogen (secondary N) is 1. The lowest BCUT2D eigenvalue weighted by Crippen LogP contribution is -2.12. The van der Waals surface area contributed by atoms with E-state index in [0.29, 0.717) is 0 Å². The first-order chi connectivity index (χ1) is 5.27. The monoisotopic (exact) mass is 167 g/mol. The highest BCUT2D eigenvalue weighted by Gasteiger charge is 2.06. The minimum absolute atomic E-state index is 0.225. The molecule has 56 valence electrons. The molecule has 2 aromatic heterocycles. The van der Waals surface area contributed by atoms with Crippen LogP contribution in [0, 0.1) is 0 Å². The Labute approximate surface area is 66.0 Å². The van der Waals surface area contributed by atoms with Gasteiger partial charge in [0.05, 0.1) is 11.0 Å². The lowest BCUT2D eigenvalue weighted by molar-refractivity contribution is 0.0991. The van der Waals surface area contributed by atoms with Crippen molar-refractivity contribution in [2.75, 3.05) is 0 Å². The molecule has 0 aromatic carbocycles. The van der Waals surface area contributed by atoms with E-state index < -0.39 is 5.91 Å². The second-order valence-electron chi connectivity index (χ2n) is 2.12. The maximum absolute atomic E-state index is 10.6. The Balaban J connectivity index is 2.67. The Morgan fingerprint density at radius 2 is 2.45 bits per heavy atom. The van der Waals surface area contributed by atoms with Crippen LogP contribution in [-0.4, -0.2) is 15.9 Å². The van der Waals surface area contributed by atoms with Crippen LogP contribution < -0.4 is 5.73 Å². The van der Waals surface area contributed by atoms with Crippen molar-refractivity contribution in [1.82, 2.24) is 9.97 Å². The molecule has 0 radical (unpaired) electrons. The molecule has 0 aliphatic rings. The second kappa shape index (κ2) is 2.06. The highest BCUT2D eigenvalue weighted by Crippen LogP contribution is 2.15. The average Bonchev–Trinajstić information content (AvgIpc) is 2.40. The zero-order valence-corrected chi connectivity index (χ0v) is 6.31. The van der Waals surface area contributed by atoms with E-state index in [1.54, 1.807) is 0 Å². The summed E-state index contributed by atoms with van der Waals surface area (Å²) in [4.78, 5) is 17.4. The molecule has 3 N–H and O–H groups in total. The molecular formula is C6H5N3OS. The summed E-state index contributed by atoms with van der Waals surface area (Å²) in [5.41, 5.74) is 6.67. The van der Waals surface area contributed by atoms with Crippen molar-refractivity contribution in [3.8, 4) is 0 Å². The van der Waals surface area contributed by atoms with Crippen molar-refractivity contribution in [3.05, 3.63) is 16.6 Å². The van der Waals surface area contributed by atoms with Crippen molar-refractivity contribution in [2.24, 2.45) is 5.73 Å². The lowest BCUT2D eigenvalue weighted by atomic mass is 10.5. The summed E-state index contributed by atoms with van der Waals surface area (Å²) in [7, 11) is 0. The van der Waals surface area contributed by atoms with E-state index in [-0.39, 0.29) is 5.82 Å². The van der Waals surface area contributed by atoms with E-state index in [0.717, 1.165) is 11.0 Å². The molecule has 0 saturated carbocycles. The minimum atomic E-state index is -0.522. The fourth-order valence-electron chi connectivity index (χ4n) is 0.863. The molecule has 2 rings (SSSR count). The number of nitrogens with zero attached hydrogens (tertiary/aromatic N) is 1. The predicted molar refractivity (Wildman–Crippen MR) is 42.5 cm³/mol. The van der Waals surface area contributed by atoms with Crippen molar-refractivity contribution < 1.29 is 4.79 Å². The van der Waals surface area contributed by atoms with Gasteiger partial charge in [0.25, 0.3) is 5.91 Å². The van der Waals surface area contributed by atoms with Crippen LogP contribution in [0.25, 0.3) is 11.0 Å². The maximum Gasteiger partial charge on any atom is 0.284 e. The van der Waals surface area contributed by atoms with Gasteiger partial charge >= 0.3 is 0 Å². The van der Waals surface area contributed by atoms with Gasteiger partial charge in [-0.2, -0.15) is 0 Å². The summed E-state index contributed by atoms with van der Waals surface area (Å²) >= 11 is 1.53. The number of amides is 1. The average molecular weight is 167 g/mol. The zero-order valence-electron chi connectivity index (χ0n) is 5.50. The molecule has 2 heterocycles. The number of nitrogens with two attached hydrogens (primary N) is 1. The van der Waals surface area contributed by atoms with Crippen LogP contribution in [0.4, 0.5) is 0 Å². The third kappa shape index (κ3) is 0.894. The van der Waals surface area contributed by atoms with Gasteiger partial charge in [-0.3, -0.25) is 4.79 Å². The molecule has 11 heavy (non-hydrogen) atoms. The molecule has 0 aliphatic carbocycles. The van der Waals surface area contributed by atoms with Crippen LogP contribution in [0.5, 0.6) is 0 Å². The Kier molecular flexibility index (Phi) is 1.19. The number of H-pyrrole nitrogens is 1. The quantitative estimate of drug-likeness (QED) is 0.657. The Morgan fingerprint density at radius 1 is 1.64 bits per heavy atom. The highest BCUT2D eigenvalue weighted by molar-refractivity contribution is 7.09. The molecule has 5 heteroatoms. The van der Waals surface area contributed by atoms with Crippen molar-refractivity contribution in [2.45, 2.75) is 0 Å². The summed E-state index contributed by atoms with van der Waals surface area (Å²) in [6, 6.07) is 0. The zero-order chi connectivity index (χ0) is 7.84. The maximum atomic E-state index is 10.6. The van der Waals surface area contributed by atoms with E-state index in [9.17, 15) is 4.79 Å². The standard InChI is InChI=1S/C6H5N3OS/c7-5(10)6-8-3-1-11-2-4(3)9-6/h1-2H,(H2,7,10)(H,8,9). The van der Waals surface area contributed by atoms with Crippen LogP contribution in [0.1, 0.15) is 10.6 Å². The lowest BCUT2D eigenvalue weighted by Gasteiger charge is -1.82. The van der Waals surface area contributed by atoms with E-state index in [1.807, 2.05) is 10.8 Å². The summed E-state index contributed by atoms with van der Waals surface area (Å²) in [6.07, 6.45) is 0. The number of carbonyl (C=O) groups excluding carboxylic acids is 1. The fourth-order valence-corrected chi connectivity index (χ4v) is 1.56. The van der Waals surface area contributed by atoms with Crippen molar-refractivity contribution >= 4 is 28.3 Å². The molecule has 0 unspecified atom stereocenters. The molecule has 0 fully saturated rings. The van der Waals surface area contributed by atoms with Crippen molar-refractivity contribution in [3.63, 3.8) is 0 Å². The summed E-state index contributed by atoms with van der Waals surface area (Å²) in [6.45, 7) is 0. The number of fused-ring (bicyclic) bond motifs is 1. The molecular weight excluding hydrogens is 162 g/mol. The fraction of sp³-hybridized carbons (Fsp3) is 0. The summed E-state index contributed by atoms with van der Waals surface area (Å²) in [5, 5.41) is 3.74. The van der Waals surface area contributed by atoms with E-state index >= 15 is 0 Å². The van der Waals surface area contributed by atoms with E-state index in [4.69, 9.17) is 5.73 Å². The minimum Gasteiger partial charge on any atom is -0.363 e. The summed E-state index contributed by atoms with van der Waals surface area (Å²) < 4.78 is 0. The molecule has 0 saturated heterocycles. The van der Waals surface area contributed by atoms with Gasteiger partial charge in [-0.15, -0.1) is 11.3 Å². The van der Waals surface area contributed by atoms with Gasteiger partial charge in [-0.25, -0.2) is 4.98 Å². The molecule has 0 spiro atoms. The van der Waals surface area contributed by atoms with Gasteiger partial charge in [0.15, 0.2) is 5.82 Å². The number of carbonyl (C=O) groups is 1. The number of aromatic amines is 1.